The van der Waals surface area contributed by atoms with Crippen LogP contribution in [-0.4, -0.2) is 5.91 Å². The van der Waals surface area contributed by atoms with Crippen molar-refractivity contribution >= 4 is 11.6 Å². The zero-order valence-electron chi connectivity index (χ0n) is 11.4. The highest BCUT2D eigenvalue weighted by atomic mass is 16.1. The van der Waals surface area contributed by atoms with E-state index in [0.29, 0.717) is 17.9 Å². The van der Waals surface area contributed by atoms with Gasteiger partial charge in [0.15, 0.2) is 0 Å². The summed E-state index contributed by atoms with van der Waals surface area (Å²) in [6, 6.07) is 8.94. The number of carbonyl (C=O) groups is 1. The molecule has 3 heteroatoms. The van der Waals surface area contributed by atoms with E-state index in [1.54, 1.807) is 24.3 Å². The second-order valence-electron chi connectivity index (χ2n) is 5.71. The highest BCUT2D eigenvalue weighted by Gasteiger charge is 2.22. The van der Waals surface area contributed by atoms with E-state index in [4.69, 9.17) is 5.26 Å². The monoisotopic (exact) mass is 244 g/mol. The Hall–Kier alpha value is -1.82. The van der Waals surface area contributed by atoms with Crippen molar-refractivity contribution in [1.82, 2.24) is 0 Å². The predicted molar refractivity (Wildman–Crippen MR) is 73.0 cm³/mol. The molecule has 1 atom stereocenters. The molecule has 18 heavy (non-hydrogen) atoms. The number of benzene rings is 1. The molecule has 96 valence electrons. The molecule has 0 aliphatic carbocycles. The van der Waals surface area contributed by atoms with Gasteiger partial charge in [-0.05, 0) is 35.6 Å². The highest BCUT2D eigenvalue weighted by molar-refractivity contribution is 5.90. The minimum atomic E-state index is 0.0159. The van der Waals surface area contributed by atoms with Crippen molar-refractivity contribution < 1.29 is 4.79 Å². The van der Waals surface area contributed by atoms with E-state index < -0.39 is 0 Å². The average Bonchev–Trinajstić information content (AvgIpc) is 2.28. The van der Waals surface area contributed by atoms with E-state index in [9.17, 15) is 4.79 Å². The Bertz CT molecular complexity index is 449. The van der Waals surface area contributed by atoms with Crippen LogP contribution in [0.25, 0.3) is 0 Å². The van der Waals surface area contributed by atoms with E-state index in [1.807, 2.05) is 6.07 Å². The Balaban J connectivity index is 2.57. The second kappa shape index (κ2) is 5.68. The van der Waals surface area contributed by atoms with Crippen LogP contribution < -0.4 is 5.32 Å². The molecule has 0 heterocycles. The maximum atomic E-state index is 11.8. The molecule has 1 rings (SSSR count). The number of rotatable bonds is 3. The summed E-state index contributed by atoms with van der Waals surface area (Å²) >= 11 is 0. The van der Waals surface area contributed by atoms with Gasteiger partial charge in [0.1, 0.15) is 0 Å². The summed E-state index contributed by atoms with van der Waals surface area (Å²) in [7, 11) is 0. The Kier molecular flexibility index (Phi) is 4.49. The molecule has 0 bridgehead atoms. The number of hydrogen-bond acceptors (Lipinski definition) is 2. The third-order valence-corrected chi connectivity index (χ3v) is 3.27. The number of carbonyl (C=O) groups excluding carboxylic acids is 1. The van der Waals surface area contributed by atoms with Crippen molar-refractivity contribution in [1.29, 1.82) is 5.26 Å². The standard InChI is InChI=1S/C15H20N2O/c1-11(15(2,3)4)9-14(18)17-13-7-5-12(10-16)6-8-13/h5-8,11H,9H2,1-4H3,(H,17,18). The lowest BCUT2D eigenvalue weighted by molar-refractivity contribution is -0.117. The van der Waals surface area contributed by atoms with Crippen molar-refractivity contribution in [3.05, 3.63) is 29.8 Å². The van der Waals surface area contributed by atoms with E-state index in [-0.39, 0.29) is 11.3 Å². The largest absolute Gasteiger partial charge is 0.326 e. The van der Waals surface area contributed by atoms with E-state index in [2.05, 4.69) is 33.0 Å². The van der Waals surface area contributed by atoms with Crippen LogP contribution in [0.3, 0.4) is 0 Å². The summed E-state index contributed by atoms with van der Waals surface area (Å²) < 4.78 is 0. The zero-order valence-corrected chi connectivity index (χ0v) is 11.4. The maximum absolute atomic E-state index is 11.8. The average molecular weight is 244 g/mol. The Morgan fingerprint density at radius 3 is 2.33 bits per heavy atom. The van der Waals surface area contributed by atoms with E-state index >= 15 is 0 Å². The Labute approximate surface area is 109 Å². The molecule has 0 aliphatic rings. The zero-order chi connectivity index (χ0) is 13.8. The fraction of sp³-hybridized carbons (Fsp3) is 0.467. The van der Waals surface area contributed by atoms with Crippen molar-refractivity contribution in [2.24, 2.45) is 11.3 Å². The van der Waals surface area contributed by atoms with Crippen LogP contribution in [0.5, 0.6) is 0 Å². The van der Waals surface area contributed by atoms with Crippen LogP contribution in [0.4, 0.5) is 5.69 Å². The molecule has 0 saturated carbocycles. The molecule has 1 unspecified atom stereocenters. The molecule has 0 radical (unpaired) electrons. The van der Waals surface area contributed by atoms with Crippen LogP contribution in [0.1, 0.15) is 39.7 Å². The topological polar surface area (TPSA) is 52.9 Å². The molecule has 1 amide bonds. The first-order valence-electron chi connectivity index (χ1n) is 6.13. The molecule has 1 aromatic rings. The first-order valence-corrected chi connectivity index (χ1v) is 6.13. The van der Waals surface area contributed by atoms with Gasteiger partial charge in [-0.1, -0.05) is 27.7 Å². The summed E-state index contributed by atoms with van der Waals surface area (Å²) in [5.41, 5.74) is 1.46. The Morgan fingerprint density at radius 2 is 1.89 bits per heavy atom. The molecule has 0 aliphatic heterocycles. The third-order valence-electron chi connectivity index (χ3n) is 3.27. The molecule has 0 saturated heterocycles. The number of hydrogen-bond donors (Lipinski definition) is 1. The number of anilines is 1. The number of nitrogens with zero attached hydrogens (tertiary/aromatic N) is 1. The Morgan fingerprint density at radius 1 is 1.33 bits per heavy atom. The van der Waals surface area contributed by atoms with Crippen LogP contribution >= 0.6 is 0 Å². The van der Waals surface area contributed by atoms with Gasteiger partial charge in [-0.3, -0.25) is 4.79 Å². The van der Waals surface area contributed by atoms with Crippen molar-refractivity contribution in [2.75, 3.05) is 5.32 Å². The fourth-order valence-electron chi connectivity index (χ4n) is 1.42. The molecule has 0 spiro atoms. The summed E-state index contributed by atoms with van der Waals surface area (Å²) in [5.74, 6) is 0.331. The van der Waals surface area contributed by atoms with E-state index in [1.165, 1.54) is 0 Å². The smallest absolute Gasteiger partial charge is 0.224 e. The van der Waals surface area contributed by atoms with Gasteiger partial charge in [-0.15, -0.1) is 0 Å². The van der Waals surface area contributed by atoms with Crippen molar-refractivity contribution in [3.63, 3.8) is 0 Å². The number of amides is 1. The minimum Gasteiger partial charge on any atom is -0.326 e. The summed E-state index contributed by atoms with van der Waals surface area (Å²) in [6.45, 7) is 8.48. The lowest BCUT2D eigenvalue weighted by Crippen LogP contribution is -2.23. The highest BCUT2D eigenvalue weighted by Crippen LogP contribution is 2.28. The van der Waals surface area contributed by atoms with Gasteiger partial charge in [0, 0.05) is 12.1 Å². The molecule has 0 fully saturated rings. The van der Waals surface area contributed by atoms with Gasteiger partial charge < -0.3 is 5.32 Å². The lowest BCUT2D eigenvalue weighted by atomic mass is 9.80. The van der Waals surface area contributed by atoms with Gasteiger partial charge in [-0.25, -0.2) is 0 Å². The molecule has 1 aromatic carbocycles. The minimum absolute atomic E-state index is 0.0159. The van der Waals surface area contributed by atoms with Crippen LogP contribution in [0.2, 0.25) is 0 Å². The first kappa shape index (κ1) is 14.2. The third kappa shape index (κ3) is 4.21. The maximum Gasteiger partial charge on any atom is 0.224 e. The van der Waals surface area contributed by atoms with Crippen LogP contribution in [0.15, 0.2) is 24.3 Å². The quantitative estimate of drug-likeness (QED) is 0.883. The molecular weight excluding hydrogens is 224 g/mol. The number of nitriles is 1. The second-order valence-corrected chi connectivity index (χ2v) is 5.71. The van der Waals surface area contributed by atoms with Crippen molar-refractivity contribution in [3.8, 4) is 6.07 Å². The normalized spacial score (nSPS) is 12.6. The summed E-state index contributed by atoms with van der Waals surface area (Å²) in [4.78, 5) is 11.8. The van der Waals surface area contributed by atoms with Crippen LogP contribution in [-0.2, 0) is 4.79 Å². The van der Waals surface area contributed by atoms with Crippen LogP contribution in [0, 0.1) is 22.7 Å². The van der Waals surface area contributed by atoms with Gasteiger partial charge in [0.05, 0.1) is 11.6 Å². The predicted octanol–water partition coefficient (Wildman–Crippen LogP) is 3.57. The molecule has 1 N–H and O–H groups in total. The SMILES string of the molecule is CC(CC(=O)Nc1ccc(C#N)cc1)C(C)(C)C. The van der Waals surface area contributed by atoms with E-state index in [0.717, 1.165) is 5.69 Å². The summed E-state index contributed by atoms with van der Waals surface area (Å²) in [6.07, 6.45) is 0.503. The van der Waals surface area contributed by atoms with Gasteiger partial charge in [0.2, 0.25) is 5.91 Å². The first-order chi connectivity index (χ1) is 8.32. The number of nitrogens with one attached hydrogen (secondary N) is 1. The van der Waals surface area contributed by atoms with Gasteiger partial charge in [-0.2, -0.15) is 5.26 Å². The summed E-state index contributed by atoms with van der Waals surface area (Å²) in [5, 5.41) is 11.5. The fourth-order valence-corrected chi connectivity index (χ4v) is 1.42. The van der Waals surface area contributed by atoms with Gasteiger partial charge >= 0.3 is 0 Å². The van der Waals surface area contributed by atoms with Crippen molar-refractivity contribution in [2.45, 2.75) is 34.1 Å². The molecule has 0 aromatic heterocycles. The molecule has 3 nitrogen and oxygen atoms in total. The lowest BCUT2D eigenvalue weighted by Gasteiger charge is -2.26. The van der Waals surface area contributed by atoms with Gasteiger partial charge in [0.25, 0.3) is 0 Å². The molecular formula is C15H20N2O.